The Morgan fingerprint density at radius 1 is 1.29 bits per heavy atom. The summed E-state index contributed by atoms with van der Waals surface area (Å²) in [4.78, 5) is 0. The topological polar surface area (TPSA) is 26.0 Å². The Kier molecular flexibility index (Phi) is 6.10. The van der Waals surface area contributed by atoms with Crippen LogP contribution in [0.2, 0.25) is 15.1 Å². The van der Waals surface area contributed by atoms with E-state index in [9.17, 15) is 4.39 Å². The lowest BCUT2D eigenvalue weighted by atomic mass is 10.1. The molecule has 0 heterocycles. The summed E-state index contributed by atoms with van der Waals surface area (Å²) in [6, 6.07) is 2.23. The van der Waals surface area contributed by atoms with Gasteiger partial charge in [0.2, 0.25) is 0 Å². The van der Waals surface area contributed by atoms with Crippen LogP contribution < -0.4 is 5.73 Å². The standard InChI is InChI=1S/C8H7Cl3FN.ClH/c9-4-1-5(7(13)3-12)8(11)6(10)2-4;/h1-2,7H,3,13H2;1H/t7-;/m1./s1. The Morgan fingerprint density at radius 3 is 2.36 bits per heavy atom. The van der Waals surface area contributed by atoms with Gasteiger partial charge in [-0.15, -0.1) is 12.4 Å². The van der Waals surface area contributed by atoms with Crippen molar-refractivity contribution in [2.75, 3.05) is 6.67 Å². The number of hydrogen-bond donors (Lipinski definition) is 1. The molecular formula is C8H8Cl4FN. The van der Waals surface area contributed by atoms with Gasteiger partial charge < -0.3 is 5.73 Å². The Bertz CT molecular complexity index is 318. The summed E-state index contributed by atoms with van der Waals surface area (Å²) in [6.07, 6.45) is 0. The zero-order valence-corrected chi connectivity index (χ0v) is 10.0. The van der Waals surface area contributed by atoms with Crippen molar-refractivity contribution < 1.29 is 4.39 Å². The summed E-state index contributed by atoms with van der Waals surface area (Å²) in [6.45, 7) is -0.698. The molecule has 0 spiro atoms. The molecule has 80 valence electrons. The van der Waals surface area contributed by atoms with E-state index in [1.165, 1.54) is 12.1 Å². The van der Waals surface area contributed by atoms with Gasteiger partial charge in [0.15, 0.2) is 0 Å². The Morgan fingerprint density at radius 2 is 1.86 bits per heavy atom. The molecule has 1 aromatic rings. The number of nitrogens with two attached hydrogens (primary N) is 1. The number of rotatable bonds is 2. The van der Waals surface area contributed by atoms with Crippen LogP contribution in [0, 0.1) is 0 Å². The third-order valence-electron chi connectivity index (χ3n) is 1.59. The summed E-state index contributed by atoms with van der Waals surface area (Å²) in [5, 5.41) is 0.942. The highest BCUT2D eigenvalue weighted by atomic mass is 35.5. The summed E-state index contributed by atoms with van der Waals surface area (Å²) >= 11 is 17.2. The first-order valence-electron chi connectivity index (χ1n) is 3.52. The van der Waals surface area contributed by atoms with Crippen molar-refractivity contribution in [2.24, 2.45) is 5.73 Å². The molecule has 0 saturated heterocycles. The second-order valence-electron chi connectivity index (χ2n) is 2.55. The average Bonchev–Trinajstić information content (AvgIpc) is 2.10. The molecule has 1 rings (SSSR count). The van der Waals surface area contributed by atoms with E-state index in [1.807, 2.05) is 0 Å². The lowest BCUT2D eigenvalue weighted by molar-refractivity contribution is 0.437. The average molecular weight is 279 g/mol. The Balaban J connectivity index is 0.00000169. The fourth-order valence-corrected chi connectivity index (χ4v) is 1.69. The van der Waals surface area contributed by atoms with Crippen molar-refractivity contribution in [3.63, 3.8) is 0 Å². The predicted molar refractivity (Wildman–Crippen MR) is 61.6 cm³/mol. The van der Waals surface area contributed by atoms with Crippen molar-refractivity contribution in [1.29, 1.82) is 0 Å². The largest absolute Gasteiger partial charge is 0.322 e. The SMILES string of the molecule is Cl.N[C@H](CF)c1cc(Cl)cc(Cl)c1Cl. The minimum atomic E-state index is -0.774. The second-order valence-corrected chi connectivity index (χ2v) is 3.77. The first-order chi connectivity index (χ1) is 6.06. The van der Waals surface area contributed by atoms with Crippen LogP contribution in [0.25, 0.3) is 0 Å². The predicted octanol–water partition coefficient (Wildman–Crippen LogP) is 4.04. The molecule has 6 heteroatoms. The van der Waals surface area contributed by atoms with Gasteiger partial charge in [0, 0.05) is 5.02 Å². The van der Waals surface area contributed by atoms with Crippen LogP contribution in [0.3, 0.4) is 0 Å². The molecule has 0 fully saturated rings. The van der Waals surface area contributed by atoms with Crippen LogP contribution in [-0.4, -0.2) is 6.67 Å². The lowest BCUT2D eigenvalue weighted by Crippen LogP contribution is -2.12. The van der Waals surface area contributed by atoms with Crippen molar-refractivity contribution in [2.45, 2.75) is 6.04 Å². The molecule has 1 nitrogen and oxygen atoms in total. The van der Waals surface area contributed by atoms with E-state index in [2.05, 4.69) is 0 Å². The van der Waals surface area contributed by atoms with Gasteiger partial charge in [0.25, 0.3) is 0 Å². The maximum Gasteiger partial charge on any atom is 0.109 e. The second kappa shape index (κ2) is 5.99. The van der Waals surface area contributed by atoms with Gasteiger partial charge >= 0.3 is 0 Å². The highest BCUT2D eigenvalue weighted by Gasteiger charge is 2.13. The molecule has 0 aromatic heterocycles. The number of benzene rings is 1. The first kappa shape index (κ1) is 14.3. The highest BCUT2D eigenvalue weighted by molar-refractivity contribution is 6.43. The molecule has 0 aliphatic carbocycles. The summed E-state index contributed by atoms with van der Waals surface area (Å²) in [5.41, 5.74) is 5.89. The molecule has 0 bridgehead atoms. The smallest absolute Gasteiger partial charge is 0.109 e. The van der Waals surface area contributed by atoms with E-state index < -0.39 is 12.7 Å². The van der Waals surface area contributed by atoms with Crippen LogP contribution in [0.15, 0.2) is 12.1 Å². The number of alkyl halides is 1. The van der Waals surface area contributed by atoms with E-state index in [0.29, 0.717) is 10.6 Å². The van der Waals surface area contributed by atoms with Crippen molar-refractivity contribution in [3.8, 4) is 0 Å². The normalized spacial score (nSPS) is 12.1. The van der Waals surface area contributed by atoms with Crippen molar-refractivity contribution in [1.82, 2.24) is 0 Å². The van der Waals surface area contributed by atoms with Gasteiger partial charge in [-0.25, -0.2) is 4.39 Å². The van der Waals surface area contributed by atoms with Gasteiger partial charge in [-0.05, 0) is 17.7 Å². The molecule has 0 aliphatic rings. The quantitative estimate of drug-likeness (QED) is 0.812. The molecular weight excluding hydrogens is 271 g/mol. The third kappa shape index (κ3) is 3.14. The van der Waals surface area contributed by atoms with E-state index in [-0.39, 0.29) is 22.5 Å². The Hall–Kier alpha value is 0.270. The number of halogens is 5. The third-order valence-corrected chi connectivity index (χ3v) is 2.62. The van der Waals surface area contributed by atoms with Gasteiger partial charge in [-0.1, -0.05) is 34.8 Å². The summed E-state index contributed by atoms with van der Waals surface area (Å²) < 4.78 is 12.2. The van der Waals surface area contributed by atoms with Crippen LogP contribution in [0.4, 0.5) is 4.39 Å². The zero-order valence-electron chi connectivity index (χ0n) is 6.94. The zero-order chi connectivity index (χ0) is 10.0. The van der Waals surface area contributed by atoms with Crippen LogP contribution in [0.5, 0.6) is 0 Å². The van der Waals surface area contributed by atoms with E-state index in [4.69, 9.17) is 40.5 Å². The molecule has 0 radical (unpaired) electrons. The molecule has 0 aliphatic heterocycles. The maximum atomic E-state index is 12.2. The molecule has 0 amide bonds. The summed E-state index contributed by atoms with van der Waals surface area (Å²) in [7, 11) is 0. The minimum Gasteiger partial charge on any atom is -0.322 e. The van der Waals surface area contributed by atoms with Crippen molar-refractivity contribution >= 4 is 47.2 Å². The first-order valence-corrected chi connectivity index (χ1v) is 4.65. The van der Waals surface area contributed by atoms with Crippen molar-refractivity contribution in [3.05, 3.63) is 32.8 Å². The minimum absolute atomic E-state index is 0. The van der Waals surface area contributed by atoms with Gasteiger partial charge in [-0.3, -0.25) is 0 Å². The van der Waals surface area contributed by atoms with Gasteiger partial charge in [0.05, 0.1) is 16.1 Å². The van der Waals surface area contributed by atoms with Crippen LogP contribution >= 0.6 is 47.2 Å². The molecule has 14 heavy (non-hydrogen) atoms. The highest BCUT2D eigenvalue weighted by Crippen LogP contribution is 2.32. The fraction of sp³-hybridized carbons (Fsp3) is 0.250. The van der Waals surface area contributed by atoms with E-state index >= 15 is 0 Å². The monoisotopic (exact) mass is 277 g/mol. The Labute approximate surface area is 103 Å². The number of hydrogen-bond acceptors (Lipinski definition) is 1. The molecule has 2 N–H and O–H groups in total. The van der Waals surface area contributed by atoms with E-state index in [1.54, 1.807) is 0 Å². The van der Waals surface area contributed by atoms with Crippen LogP contribution in [0.1, 0.15) is 11.6 Å². The molecule has 1 aromatic carbocycles. The van der Waals surface area contributed by atoms with Gasteiger partial charge in [-0.2, -0.15) is 0 Å². The maximum absolute atomic E-state index is 12.2. The molecule has 1 atom stereocenters. The molecule has 0 saturated carbocycles. The van der Waals surface area contributed by atoms with E-state index in [0.717, 1.165) is 0 Å². The van der Waals surface area contributed by atoms with Gasteiger partial charge in [0.1, 0.15) is 6.67 Å². The fourth-order valence-electron chi connectivity index (χ4n) is 0.929. The molecule has 0 unspecified atom stereocenters. The lowest BCUT2D eigenvalue weighted by Gasteiger charge is -2.11. The summed E-state index contributed by atoms with van der Waals surface area (Å²) in [5.74, 6) is 0. The van der Waals surface area contributed by atoms with Crippen LogP contribution in [-0.2, 0) is 0 Å².